The minimum Gasteiger partial charge on any atom is -0.378 e. The van der Waals surface area contributed by atoms with E-state index in [0.717, 1.165) is 0 Å². The van der Waals surface area contributed by atoms with E-state index in [1.54, 1.807) is 19.2 Å². The molecule has 0 radical (unpaired) electrons. The molecule has 0 fully saturated rings. The van der Waals surface area contributed by atoms with E-state index in [1.165, 1.54) is 23.7 Å². The van der Waals surface area contributed by atoms with Gasteiger partial charge in [0.1, 0.15) is 5.00 Å². The topological polar surface area (TPSA) is 88.0 Å². The number of aromatic amines is 1. The van der Waals surface area contributed by atoms with Crippen molar-refractivity contribution < 1.29 is 4.92 Å². The zero-order valence-corrected chi connectivity index (χ0v) is 9.71. The summed E-state index contributed by atoms with van der Waals surface area (Å²) in [5.41, 5.74) is 0.967. The van der Waals surface area contributed by atoms with Gasteiger partial charge in [-0.3, -0.25) is 19.3 Å². The van der Waals surface area contributed by atoms with E-state index in [4.69, 9.17) is 0 Å². The maximum atomic E-state index is 11.6. The highest BCUT2D eigenvalue weighted by Gasteiger charge is 2.13. The largest absolute Gasteiger partial charge is 0.378 e. The minimum atomic E-state index is -0.472. The number of anilines is 1. The van der Waals surface area contributed by atoms with Crippen LogP contribution < -0.4 is 10.9 Å². The second kappa shape index (κ2) is 4.38. The number of benzene rings is 1. The predicted octanol–water partition coefficient (Wildman–Crippen LogP) is 2.05. The molecule has 2 rings (SSSR count). The first-order valence-corrected chi connectivity index (χ1v) is 5.59. The fraction of sp³-hybridized carbons (Fsp3) is 0.100. The van der Waals surface area contributed by atoms with Gasteiger partial charge in [0.2, 0.25) is 0 Å². The Bertz CT molecular complexity index is 600. The number of rotatable bonds is 3. The number of hydrogen-bond acceptors (Lipinski definition) is 5. The molecule has 0 aliphatic heterocycles. The van der Waals surface area contributed by atoms with E-state index >= 15 is 0 Å². The molecular weight excluding hydrogens is 242 g/mol. The summed E-state index contributed by atoms with van der Waals surface area (Å²) in [6.45, 7) is 0. The van der Waals surface area contributed by atoms with Crippen LogP contribution in [0.4, 0.5) is 10.7 Å². The van der Waals surface area contributed by atoms with Gasteiger partial charge in [-0.15, -0.1) is 0 Å². The second-order valence-electron chi connectivity index (χ2n) is 3.29. The normalized spacial score (nSPS) is 10.2. The predicted molar refractivity (Wildman–Crippen MR) is 66.6 cm³/mol. The van der Waals surface area contributed by atoms with Crippen LogP contribution in [-0.2, 0) is 0 Å². The van der Waals surface area contributed by atoms with Crippen molar-refractivity contribution in [2.24, 2.45) is 0 Å². The highest BCUT2D eigenvalue weighted by Crippen LogP contribution is 2.28. The monoisotopic (exact) mass is 251 g/mol. The first-order valence-electron chi connectivity index (χ1n) is 4.77. The number of nitrogens with one attached hydrogen (secondary N) is 2. The molecule has 1 aromatic carbocycles. The number of nitro groups is 1. The smallest absolute Gasteiger partial charge is 0.269 e. The van der Waals surface area contributed by atoms with Gasteiger partial charge in [-0.2, -0.15) is 0 Å². The summed E-state index contributed by atoms with van der Waals surface area (Å²) < 4.78 is 2.61. The molecule has 0 aliphatic carbocycles. The van der Waals surface area contributed by atoms with Crippen molar-refractivity contribution >= 4 is 22.2 Å². The molecule has 0 amide bonds. The number of nitrogens with zero attached hydrogens (tertiary/aromatic N) is 1. The molecule has 0 bridgehead atoms. The lowest BCUT2D eigenvalue weighted by Crippen LogP contribution is -2.02. The Labute approximate surface area is 100 Å². The van der Waals surface area contributed by atoms with Gasteiger partial charge >= 0.3 is 0 Å². The van der Waals surface area contributed by atoms with Crippen LogP contribution in [0.2, 0.25) is 0 Å². The molecule has 7 heteroatoms. The van der Waals surface area contributed by atoms with Crippen molar-refractivity contribution in [2.45, 2.75) is 0 Å². The Balaban J connectivity index is 2.50. The molecule has 0 unspecified atom stereocenters. The maximum absolute atomic E-state index is 11.6. The third kappa shape index (κ3) is 2.04. The standard InChI is InChI=1S/C10H9N3O3S/c1-11-10-8(9(14)12-17-10)6-2-4-7(5-3-6)13(15)16/h2-5,11H,1H3,(H,12,14). The third-order valence-corrected chi connectivity index (χ3v) is 3.19. The van der Waals surface area contributed by atoms with E-state index in [9.17, 15) is 14.9 Å². The van der Waals surface area contributed by atoms with Crippen molar-refractivity contribution in [1.29, 1.82) is 0 Å². The Hall–Kier alpha value is -2.15. The molecule has 6 nitrogen and oxygen atoms in total. The number of H-pyrrole nitrogens is 1. The van der Waals surface area contributed by atoms with Crippen LogP contribution in [-0.4, -0.2) is 16.3 Å². The van der Waals surface area contributed by atoms with Crippen LogP contribution in [0.15, 0.2) is 29.1 Å². The molecule has 2 N–H and O–H groups in total. The fourth-order valence-electron chi connectivity index (χ4n) is 1.49. The number of hydrogen-bond donors (Lipinski definition) is 2. The van der Waals surface area contributed by atoms with Crippen molar-refractivity contribution in [2.75, 3.05) is 12.4 Å². The Kier molecular flexibility index (Phi) is 2.92. The van der Waals surface area contributed by atoms with E-state index in [1.807, 2.05) is 0 Å². The van der Waals surface area contributed by atoms with Gasteiger partial charge in [0, 0.05) is 19.2 Å². The summed E-state index contributed by atoms with van der Waals surface area (Å²) >= 11 is 1.20. The van der Waals surface area contributed by atoms with Crippen LogP contribution in [0, 0.1) is 10.1 Å². The van der Waals surface area contributed by atoms with Crippen LogP contribution in [0.3, 0.4) is 0 Å². The van der Waals surface area contributed by atoms with Gasteiger partial charge < -0.3 is 5.32 Å². The molecule has 2 aromatic rings. The summed E-state index contributed by atoms with van der Waals surface area (Å²) in [5, 5.41) is 14.1. The van der Waals surface area contributed by atoms with Crippen molar-refractivity contribution in [3.05, 3.63) is 44.7 Å². The summed E-state index contributed by atoms with van der Waals surface area (Å²) in [6.07, 6.45) is 0. The van der Waals surface area contributed by atoms with Gasteiger partial charge in [0.05, 0.1) is 10.5 Å². The second-order valence-corrected chi connectivity index (χ2v) is 4.11. The summed E-state index contributed by atoms with van der Waals surface area (Å²) in [5.74, 6) is 0. The molecule has 0 atom stereocenters. The van der Waals surface area contributed by atoms with Crippen LogP contribution in [0.5, 0.6) is 0 Å². The highest BCUT2D eigenvalue weighted by atomic mass is 32.1. The Morgan fingerprint density at radius 3 is 2.53 bits per heavy atom. The number of non-ortho nitro benzene ring substituents is 1. The van der Waals surface area contributed by atoms with Crippen LogP contribution >= 0.6 is 11.5 Å². The first-order chi connectivity index (χ1) is 8.13. The Morgan fingerprint density at radius 2 is 2.00 bits per heavy atom. The lowest BCUT2D eigenvalue weighted by Gasteiger charge is -2.00. The molecule has 0 spiro atoms. The third-order valence-electron chi connectivity index (χ3n) is 2.29. The SMILES string of the molecule is CNc1s[nH]c(=O)c1-c1ccc([N+](=O)[O-])cc1. The molecule has 17 heavy (non-hydrogen) atoms. The van der Waals surface area contributed by atoms with Gasteiger partial charge in [-0.05, 0) is 29.2 Å². The quantitative estimate of drug-likeness (QED) is 0.645. The van der Waals surface area contributed by atoms with Crippen molar-refractivity contribution in [3.8, 4) is 11.1 Å². The van der Waals surface area contributed by atoms with Crippen LogP contribution in [0.25, 0.3) is 11.1 Å². The van der Waals surface area contributed by atoms with E-state index in [0.29, 0.717) is 16.1 Å². The average molecular weight is 251 g/mol. The molecule has 0 saturated heterocycles. The summed E-state index contributed by atoms with van der Waals surface area (Å²) in [6, 6.07) is 5.89. The molecule has 0 saturated carbocycles. The molecular formula is C10H9N3O3S. The maximum Gasteiger partial charge on any atom is 0.269 e. The molecule has 0 aliphatic rings. The van der Waals surface area contributed by atoms with Gasteiger partial charge in [0.15, 0.2) is 0 Å². The van der Waals surface area contributed by atoms with Crippen molar-refractivity contribution in [1.82, 2.24) is 4.37 Å². The number of aromatic nitrogens is 1. The van der Waals surface area contributed by atoms with Gasteiger partial charge in [-0.1, -0.05) is 0 Å². The highest BCUT2D eigenvalue weighted by molar-refractivity contribution is 7.10. The average Bonchev–Trinajstić information content (AvgIpc) is 2.70. The molecule has 1 aromatic heterocycles. The molecule has 88 valence electrons. The van der Waals surface area contributed by atoms with Gasteiger partial charge in [-0.25, -0.2) is 0 Å². The van der Waals surface area contributed by atoms with Crippen molar-refractivity contribution in [3.63, 3.8) is 0 Å². The van der Waals surface area contributed by atoms with E-state index in [-0.39, 0.29) is 11.2 Å². The lowest BCUT2D eigenvalue weighted by atomic mass is 10.1. The van der Waals surface area contributed by atoms with E-state index < -0.39 is 4.92 Å². The zero-order chi connectivity index (χ0) is 12.4. The summed E-state index contributed by atoms with van der Waals surface area (Å²) in [7, 11) is 1.72. The lowest BCUT2D eigenvalue weighted by molar-refractivity contribution is -0.384. The van der Waals surface area contributed by atoms with Crippen LogP contribution in [0.1, 0.15) is 0 Å². The fourth-order valence-corrected chi connectivity index (χ4v) is 2.20. The minimum absolute atomic E-state index is 0.00594. The summed E-state index contributed by atoms with van der Waals surface area (Å²) in [4.78, 5) is 21.6. The first kappa shape index (κ1) is 11.3. The number of nitro benzene ring substituents is 1. The van der Waals surface area contributed by atoms with E-state index in [2.05, 4.69) is 9.69 Å². The molecule has 1 heterocycles. The zero-order valence-electron chi connectivity index (χ0n) is 8.89. The Morgan fingerprint density at radius 1 is 1.35 bits per heavy atom. The van der Waals surface area contributed by atoms with Gasteiger partial charge in [0.25, 0.3) is 11.2 Å².